The molecule has 0 aliphatic carbocycles. The van der Waals surface area contributed by atoms with E-state index in [1.54, 1.807) is 0 Å². The van der Waals surface area contributed by atoms with Crippen molar-refractivity contribution in [3.05, 3.63) is 11.7 Å². The van der Waals surface area contributed by atoms with E-state index in [1.165, 1.54) is 13.8 Å². The predicted molar refractivity (Wildman–Crippen MR) is 38.4 cm³/mol. The summed E-state index contributed by atoms with van der Waals surface area (Å²) in [6.07, 6.45) is -4.64. The highest BCUT2D eigenvalue weighted by molar-refractivity contribution is 5.81. The molecule has 0 radical (unpaired) electrons. The first kappa shape index (κ1) is 10.7. The number of alkyl halides is 3. The SMILES string of the molecule is CC(=O)C(C)c1nc(C(F)(F)F)no1. The van der Waals surface area contributed by atoms with E-state index in [0.29, 0.717) is 0 Å². The third-order valence-electron chi connectivity index (χ3n) is 1.68. The summed E-state index contributed by atoms with van der Waals surface area (Å²) in [5, 5.41) is 2.73. The molecule has 1 unspecified atom stereocenters. The zero-order valence-corrected chi connectivity index (χ0v) is 7.42. The number of ketones is 1. The number of carbonyl (C=O) groups excluding carboxylic acids is 1. The summed E-state index contributed by atoms with van der Waals surface area (Å²) < 4.78 is 40.3. The second-order valence-corrected chi connectivity index (χ2v) is 2.79. The molecule has 4 nitrogen and oxygen atoms in total. The van der Waals surface area contributed by atoms with Crippen LogP contribution in [-0.4, -0.2) is 15.9 Å². The van der Waals surface area contributed by atoms with Gasteiger partial charge in [0, 0.05) is 0 Å². The highest BCUT2D eigenvalue weighted by atomic mass is 19.4. The molecule has 0 N–H and O–H groups in total. The highest BCUT2D eigenvalue weighted by Crippen LogP contribution is 2.27. The Morgan fingerprint density at radius 2 is 2.07 bits per heavy atom. The lowest BCUT2D eigenvalue weighted by molar-refractivity contribution is -0.146. The Labute approximate surface area is 77.1 Å². The molecule has 1 aromatic heterocycles. The number of carbonyl (C=O) groups is 1. The van der Waals surface area contributed by atoms with Crippen LogP contribution in [0.5, 0.6) is 0 Å². The Balaban J connectivity index is 2.94. The molecule has 0 spiro atoms. The van der Waals surface area contributed by atoms with Crippen molar-refractivity contribution in [2.24, 2.45) is 0 Å². The van der Waals surface area contributed by atoms with E-state index in [0.717, 1.165) is 0 Å². The molecule has 0 aliphatic rings. The number of rotatable bonds is 2. The molecule has 0 aliphatic heterocycles. The highest BCUT2D eigenvalue weighted by Gasteiger charge is 2.38. The molecule has 1 aromatic rings. The lowest BCUT2D eigenvalue weighted by atomic mass is 10.1. The van der Waals surface area contributed by atoms with Crippen LogP contribution >= 0.6 is 0 Å². The number of halogens is 3. The van der Waals surface area contributed by atoms with E-state index in [2.05, 4.69) is 14.7 Å². The average Bonchev–Trinajstić information content (AvgIpc) is 2.49. The topological polar surface area (TPSA) is 56.0 Å². The zero-order valence-electron chi connectivity index (χ0n) is 7.42. The molecular weight excluding hydrogens is 201 g/mol. The van der Waals surface area contributed by atoms with Gasteiger partial charge in [-0.1, -0.05) is 5.16 Å². The fraction of sp³-hybridized carbons (Fsp3) is 0.571. The van der Waals surface area contributed by atoms with Crippen LogP contribution in [-0.2, 0) is 11.0 Å². The Kier molecular flexibility index (Phi) is 2.59. The van der Waals surface area contributed by atoms with Crippen LogP contribution in [0, 0.1) is 0 Å². The fourth-order valence-electron chi connectivity index (χ4n) is 0.700. The third-order valence-corrected chi connectivity index (χ3v) is 1.68. The lowest BCUT2D eigenvalue weighted by Gasteiger charge is -1.99. The molecule has 0 fully saturated rings. The van der Waals surface area contributed by atoms with Crippen LogP contribution < -0.4 is 0 Å². The van der Waals surface area contributed by atoms with Crippen molar-refractivity contribution >= 4 is 5.78 Å². The van der Waals surface area contributed by atoms with Gasteiger partial charge in [-0.15, -0.1) is 0 Å². The Morgan fingerprint density at radius 3 is 2.43 bits per heavy atom. The lowest BCUT2D eigenvalue weighted by Crippen LogP contribution is -2.09. The van der Waals surface area contributed by atoms with Crippen LogP contribution in [0.25, 0.3) is 0 Å². The third kappa shape index (κ3) is 2.09. The summed E-state index contributed by atoms with van der Waals surface area (Å²) in [5.41, 5.74) is 0. The molecule has 0 aromatic carbocycles. The van der Waals surface area contributed by atoms with Crippen molar-refractivity contribution in [3.63, 3.8) is 0 Å². The summed E-state index contributed by atoms with van der Waals surface area (Å²) in [5.74, 6) is -2.81. The maximum atomic E-state index is 12.0. The van der Waals surface area contributed by atoms with E-state index in [4.69, 9.17) is 0 Å². The smallest absolute Gasteiger partial charge is 0.338 e. The van der Waals surface area contributed by atoms with Gasteiger partial charge in [-0.3, -0.25) is 4.79 Å². The normalized spacial score (nSPS) is 14.1. The maximum Gasteiger partial charge on any atom is 0.455 e. The minimum absolute atomic E-state index is 0.315. The van der Waals surface area contributed by atoms with Gasteiger partial charge in [0.15, 0.2) is 0 Å². The van der Waals surface area contributed by atoms with E-state index < -0.39 is 17.9 Å². The monoisotopic (exact) mass is 208 g/mol. The predicted octanol–water partition coefficient (Wildman–Crippen LogP) is 1.78. The molecule has 0 amide bonds. The van der Waals surface area contributed by atoms with Gasteiger partial charge in [0.25, 0.3) is 5.82 Å². The summed E-state index contributed by atoms with van der Waals surface area (Å²) >= 11 is 0. The fourth-order valence-corrected chi connectivity index (χ4v) is 0.700. The van der Waals surface area contributed by atoms with Crippen molar-refractivity contribution in [2.45, 2.75) is 25.9 Å². The minimum Gasteiger partial charge on any atom is -0.338 e. The largest absolute Gasteiger partial charge is 0.455 e. The van der Waals surface area contributed by atoms with Crippen LogP contribution in [0.4, 0.5) is 13.2 Å². The minimum atomic E-state index is -4.64. The van der Waals surface area contributed by atoms with Crippen molar-refractivity contribution in [1.82, 2.24) is 10.1 Å². The quantitative estimate of drug-likeness (QED) is 0.743. The Bertz CT molecular complexity index is 345. The molecular formula is C7H7F3N2O2. The van der Waals surface area contributed by atoms with Crippen molar-refractivity contribution < 1.29 is 22.5 Å². The van der Waals surface area contributed by atoms with E-state index in [1.807, 2.05) is 0 Å². The van der Waals surface area contributed by atoms with Gasteiger partial charge >= 0.3 is 6.18 Å². The van der Waals surface area contributed by atoms with Crippen molar-refractivity contribution in [2.75, 3.05) is 0 Å². The standard InChI is InChI=1S/C7H7F3N2O2/c1-3(4(2)13)5-11-6(12-14-5)7(8,9)10/h3H,1-2H3. The van der Waals surface area contributed by atoms with Gasteiger partial charge in [-0.2, -0.15) is 18.2 Å². The number of aromatic nitrogens is 2. The summed E-state index contributed by atoms with van der Waals surface area (Å²) in [6.45, 7) is 2.64. The van der Waals surface area contributed by atoms with Crippen LogP contribution in [0.15, 0.2) is 4.52 Å². The van der Waals surface area contributed by atoms with Crippen LogP contribution in [0.1, 0.15) is 31.5 Å². The molecule has 1 atom stereocenters. The van der Waals surface area contributed by atoms with Crippen LogP contribution in [0.2, 0.25) is 0 Å². The van der Waals surface area contributed by atoms with Crippen LogP contribution in [0.3, 0.4) is 0 Å². The first-order valence-electron chi connectivity index (χ1n) is 3.73. The molecule has 0 saturated carbocycles. The summed E-state index contributed by atoms with van der Waals surface area (Å²) in [4.78, 5) is 13.9. The van der Waals surface area contributed by atoms with E-state index in [-0.39, 0.29) is 11.7 Å². The first-order chi connectivity index (χ1) is 6.32. The first-order valence-corrected chi connectivity index (χ1v) is 3.73. The van der Waals surface area contributed by atoms with E-state index in [9.17, 15) is 18.0 Å². The van der Waals surface area contributed by atoms with E-state index >= 15 is 0 Å². The second kappa shape index (κ2) is 3.39. The Hall–Kier alpha value is -1.40. The number of Topliss-reactive ketones (excluding diaryl/α,β-unsaturated/α-hetero) is 1. The molecule has 7 heteroatoms. The second-order valence-electron chi connectivity index (χ2n) is 2.79. The van der Waals surface area contributed by atoms with Crippen molar-refractivity contribution in [1.29, 1.82) is 0 Å². The zero-order chi connectivity index (χ0) is 10.9. The molecule has 14 heavy (non-hydrogen) atoms. The average molecular weight is 208 g/mol. The molecule has 0 saturated heterocycles. The molecule has 78 valence electrons. The molecule has 1 rings (SSSR count). The molecule has 1 heterocycles. The maximum absolute atomic E-state index is 12.0. The summed E-state index contributed by atoms with van der Waals surface area (Å²) in [6, 6.07) is 0. The van der Waals surface area contributed by atoms with Gasteiger partial charge in [0.1, 0.15) is 5.78 Å². The number of nitrogens with zero attached hydrogens (tertiary/aromatic N) is 2. The van der Waals surface area contributed by atoms with Crippen molar-refractivity contribution in [3.8, 4) is 0 Å². The van der Waals surface area contributed by atoms with Gasteiger partial charge in [0.05, 0.1) is 5.92 Å². The number of hydrogen-bond donors (Lipinski definition) is 0. The van der Waals surface area contributed by atoms with Gasteiger partial charge < -0.3 is 4.52 Å². The van der Waals surface area contributed by atoms with Gasteiger partial charge in [0.2, 0.25) is 5.89 Å². The molecule has 0 bridgehead atoms. The van der Waals surface area contributed by atoms with Gasteiger partial charge in [-0.25, -0.2) is 0 Å². The summed E-state index contributed by atoms with van der Waals surface area (Å²) in [7, 11) is 0. The number of hydrogen-bond acceptors (Lipinski definition) is 4. The Morgan fingerprint density at radius 1 is 1.50 bits per heavy atom. The van der Waals surface area contributed by atoms with Gasteiger partial charge in [-0.05, 0) is 13.8 Å².